The fourth-order valence-electron chi connectivity index (χ4n) is 3.19. The highest BCUT2D eigenvalue weighted by Crippen LogP contribution is 2.24. The number of sulfonamides is 1. The number of nitrogens with one attached hydrogen (secondary N) is 1. The molecule has 0 radical (unpaired) electrons. The van der Waals surface area contributed by atoms with Gasteiger partial charge in [0.15, 0.2) is 5.03 Å². The Balaban J connectivity index is 0.00000342. The Morgan fingerprint density at radius 3 is 2.43 bits per heavy atom. The van der Waals surface area contributed by atoms with E-state index in [0.29, 0.717) is 11.5 Å². The lowest BCUT2D eigenvalue weighted by atomic mass is 10.1. The Morgan fingerprint density at radius 2 is 1.77 bits per heavy atom. The number of pyridine rings is 2. The Morgan fingerprint density at radius 1 is 0.971 bits per heavy atom. The van der Waals surface area contributed by atoms with Crippen molar-refractivity contribution in [3.8, 4) is 10.6 Å². The van der Waals surface area contributed by atoms with E-state index in [2.05, 4.69) is 20.3 Å². The van der Waals surface area contributed by atoms with Crippen LogP contribution in [0.2, 0.25) is 0 Å². The molecule has 4 rings (SSSR count). The molecular weight excluding hydrogens is 510 g/mol. The molecule has 0 saturated carbocycles. The maximum absolute atomic E-state index is 13.4. The summed E-state index contributed by atoms with van der Waals surface area (Å²) in [4.78, 5) is 23.5. The minimum atomic E-state index is -3.93. The standard InChI is InChI=1S/C23H21N5O4S2.ClH/c29-22(30)14-26-20-5-3-4-19(27-20)16-28(34(31,32)21-6-1-2-11-24-21)15-17-7-9-18(10-8-17)23-25-12-13-33-23;/h1-13H,14-16H2,(H,26,27)(H,29,30);1H. The summed E-state index contributed by atoms with van der Waals surface area (Å²) in [5.41, 5.74) is 2.21. The topological polar surface area (TPSA) is 125 Å². The third-order valence-corrected chi connectivity index (χ3v) is 7.33. The molecule has 2 N–H and O–H groups in total. The lowest BCUT2D eigenvalue weighted by molar-refractivity contribution is -0.134. The lowest BCUT2D eigenvalue weighted by Crippen LogP contribution is -2.31. The van der Waals surface area contributed by atoms with Crippen molar-refractivity contribution >= 4 is 45.6 Å². The first-order valence-electron chi connectivity index (χ1n) is 10.2. The van der Waals surface area contributed by atoms with Crippen LogP contribution in [0.15, 0.2) is 83.5 Å². The zero-order valence-corrected chi connectivity index (χ0v) is 20.8. The van der Waals surface area contributed by atoms with Crippen molar-refractivity contribution in [3.63, 3.8) is 0 Å². The Labute approximate surface area is 213 Å². The first kappa shape index (κ1) is 26.2. The van der Waals surface area contributed by atoms with Crippen LogP contribution in [0.25, 0.3) is 10.6 Å². The van der Waals surface area contributed by atoms with Gasteiger partial charge in [-0.25, -0.2) is 23.4 Å². The minimum Gasteiger partial charge on any atom is -0.480 e. The molecule has 3 aromatic heterocycles. The lowest BCUT2D eigenvalue weighted by Gasteiger charge is -2.22. The van der Waals surface area contributed by atoms with Crippen LogP contribution < -0.4 is 5.32 Å². The van der Waals surface area contributed by atoms with Gasteiger partial charge in [0, 0.05) is 29.9 Å². The van der Waals surface area contributed by atoms with Crippen LogP contribution >= 0.6 is 23.7 Å². The molecular formula is C23H22ClN5O4S2. The molecule has 0 atom stereocenters. The Hall–Kier alpha value is -3.38. The fraction of sp³-hybridized carbons (Fsp3) is 0.130. The molecule has 35 heavy (non-hydrogen) atoms. The third kappa shape index (κ3) is 6.83. The molecule has 3 heterocycles. The Kier molecular flexibility index (Phi) is 8.88. The number of aliphatic carboxylic acids is 1. The average molecular weight is 532 g/mol. The first-order chi connectivity index (χ1) is 16.4. The molecule has 0 saturated heterocycles. The molecule has 9 nitrogen and oxygen atoms in total. The summed E-state index contributed by atoms with van der Waals surface area (Å²) >= 11 is 1.53. The van der Waals surface area contributed by atoms with Crippen LogP contribution in [-0.4, -0.2) is 45.3 Å². The zero-order valence-electron chi connectivity index (χ0n) is 18.3. The van der Waals surface area contributed by atoms with Crippen LogP contribution in [0.3, 0.4) is 0 Å². The number of thiazole rings is 1. The molecule has 0 aliphatic rings. The number of carboxylic acid groups (broad SMARTS) is 1. The Bertz CT molecular complexity index is 1350. The molecule has 182 valence electrons. The molecule has 0 unspecified atom stereocenters. The maximum Gasteiger partial charge on any atom is 0.322 e. The molecule has 0 aliphatic carbocycles. The van der Waals surface area contributed by atoms with Gasteiger partial charge in [0.05, 0.1) is 12.2 Å². The summed E-state index contributed by atoms with van der Waals surface area (Å²) in [5, 5.41) is 14.3. The van der Waals surface area contributed by atoms with Crippen LogP contribution in [0.1, 0.15) is 11.3 Å². The van der Waals surface area contributed by atoms with E-state index in [1.165, 1.54) is 27.9 Å². The number of hydrogen-bond donors (Lipinski definition) is 2. The average Bonchev–Trinajstić information content (AvgIpc) is 3.39. The summed E-state index contributed by atoms with van der Waals surface area (Å²) < 4.78 is 28.2. The fourth-order valence-corrected chi connectivity index (χ4v) is 5.17. The van der Waals surface area contributed by atoms with Gasteiger partial charge >= 0.3 is 5.97 Å². The van der Waals surface area contributed by atoms with E-state index in [9.17, 15) is 13.2 Å². The molecule has 0 amide bonds. The highest BCUT2D eigenvalue weighted by atomic mass is 35.5. The second-order valence-electron chi connectivity index (χ2n) is 7.24. The number of aromatic nitrogens is 3. The van der Waals surface area contributed by atoms with Gasteiger partial charge in [-0.3, -0.25) is 4.79 Å². The molecule has 12 heteroatoms. The predicted octanol–water partition coefficient (Wildman–Crippen LogP) is 3.91. The molecule has 4 aromatic rings. The number of halogens is 1. The molecule has 0 fully saturated rings. The number of carbonyl (C=O) groups is 1. The summed E-state index contributed by atoms with van der Waals surface area (Å²) in [7, 11) is -3.93. The number of nitrogens with zero attached hydrogens (tertiary/aromatic N) is 4. The molecule has 0 aliphatic heterocycles. The quantitative estimate of drug-likeness (QED) is 0.315. The largest absolute Gasteiger partial charge is 0.480 e. The van der Waals surface area contributed by atoms with E-state index < -0.39 is 16.0 Å². The summed E-state index contributed by atoms with van der Waals surface area (Å²) in [6.07, 6.45) is 3.17. The van der Waals surface area contributed by atoms with Gasteiger partial charge in [-0.05, 0) is 29.8 Å². The van der Waals surface area contributed by atoms with Crippen molar-refractivity contribution in [1.29, 1.82) is 0 Å². The van der Waals surface area contributed by atoms with Crippen molar-refractivity contribution in [2.45, 2.75) is 18.1 Å². The van der Waals surface area contributed by atoms with E-state index in [1.807, 2.05) is 29.6 Å². The van der Waals surface area contributed by atoms with E-state index in [0.717, 1.165) is 16.1 Å². The number of carboxylic acids is 1. The monoisotopic (exact) mass is 531 g/mol. The van der Waals surface area contributed by atoms with Gasteiger partial charge in [-0.2, -0.15) is 4.31 Å². The van der Waals surface area contributed by atoms with Gasteiger partial charge in [0.1, 0.15) is 17.4 Å². The SMILES string of the molecule is Cl.O=C(O)CNc1cccc(CN(Cc2ccc(-c3nccs3)cc2)S(=O)(=O)c2ccccn2)n1. The number of hydrogen-bond acceptors (Lipinski definition) is 8. The third-order valence-electron chi connectivity index (χ3n) is 4.80. The van der Waals surface area contributed by atoms with Crippen molar-refractivity contribution in [2.75, 3.05) is 11.9 Å². The minimum absolute atomic E-state index is 0. The highest BCUT2D eigenvalue weighted by Gasteiger charge is 2.26. The zero-order chi connectivity index (χ0) is 24.0. The van der Waals surface area contributed by atoms with Crippen LogP contribution in [-0.2, 0) is 27.9 Å². The first-order valence-corrected chi connectivity index (χ1v) is 12.6. The van der Waals surface area contributed by atoms with Gasteiger partial charge in [0.25, 0.3) is 10.0 Å². The van der Waals surface area contributed by atoms with Gasteiger partial charge < -0.3 is 10.4 Å². The van der Waals surface area contributed by atoms with Crippen molar-refractivity contribution in [3.05, 3.63) is 89.7 Å². The summed E-state index contributed by atoms with van der Waals surface area (Å²) in [6.45, 7) is -0.209. The molecule has 1 aromatic carbocycles. The normalized spacial score (nSPS) is 11.1. The van der Waals surface area contributed by atoms with E-state index >= 15 is 0 Å². The van der Waals surface area contributed by atoms with Crippen LogP contribution in [0.4, 0.5) is 5.82 Å². The summed E-state index contributed by atoms with van der Waals surface area (Å²) in [6, 6.07) is 17.3. The second-order valence-corrected chi connectivity index (χ2v) is 10.0. The highest BCUT2D eigenvalue weighted by molar-refractivity contribution is 7.89. The molecule has 0 bridgehead atoms. The van der Waals surface area contributed by atoms with Crippen molar-refractivity contribution < 1.29 is 18.3 Å². The van der Waals surface area contributed by atoms with Crippen molar-refractivity contribution in [1.82, 2.24) is 19.3 Å². The number of rotatable bonds is 10. The second kappa shape index (κ2) is 11.8. The molecule has 0 spiro atoms. The van der Waals surface area contributed by atoms with E-state index in [-0.39, 0.29) is 37.1 Å². The predicted molar refractivity (Wildman–Crippen MR) is 136 cm³/mol. The smallest absolute Gasteiger partial charge is 0.322 e. The van der Waals surface area contributed by atoms with E-state index in [4.69, 9.17) is 5.11 Å². The maximum atomic E-state index is 13.4. The van der Waals surface area contributed by atoms with Crippen LogP contribution in [0.5, 0.6) is 0 Å². The van der Waals surface area contributed by atoms with E-state index in [1.54, 1.807) is 36.5 Å². The van der Waals surface area contributed by atoms with Gasteiger partial charge in [0.2, 0.25) is 0 Å². The van der Waals surface area contributed by atoms with Gasteiger partial charge in [-0.15, -0.1) is 23.7 Å². The number of benzene rings is 1. The number of anilines is 1. The summed E-state index contributed by atoms with van der Waals surface area (Å²) in [5.74, 6) is -0.671. The van der Waals surface area contributed by atoms with Crippen LogP contribution in [0, 0.1) is 0 Å². The van der Waals surface area contributed by atoms with Crippen molar-refractivity contribution in [2.24, 2.45) is 0 Å². The van der Waals surface area contributed by atoms with Gasteiger partial charge in [-0.1, -0.05) is 36.4 Å².